The number of hydrogen-bond acceptors (Lipinski definition) is 10. The third kappa shape index (κ3) is 5.52. The summed E-state index contributed by atoms with van der Waals surface area (Å²) in [7, 11) is 1.51. The van der Waals surface area contributed by atoms with Crippen molar-refractivity contribution in [3.8, 4) is 11.5 Å². The maximum absolute atomic E-state index is 14.0. The van der Waals surface area contributed by atoms with Crippen LogP contribution in [0.15, 0.2) is 112 Å². The Kier molecular flexibility index (Phi) is 7.99. The molecule has 0 bridgehead atoms. The Morgan fingerprint density at radius 2 is 1.91 bits per heavy atom. The highest BCUT2D eigenvalue weighted by atomic mass is 32.2. The van der Waals surface area contributed by atoms with Gasteiger partial charge in [0, 0.05) is 11.1 Å². The molecule has 1 N–H and O–H groups in total. The van der Waals surface area contributed by atoms with Gasteiger partial charge in [0.1, 0.15) is 12.4 Å². The second-order valence-electron chi connectivity index (χ2n) is 9.45. The largest absolute Gasteiger partial charge is 0.503 e. The number of Topliss-reactive ketones (excluding diaryl/α,β-unsaturated/α-hetero) is 1. The number of hydrogen-bond donors (Lipinski definition) is 1. The Morgan fingerprint density at radius 1 is 1.12 bits per heavy atom. The van der Waals surface area contributed by atoms with E-state index in [1.807, 2.05) is 30.3 Å². The average molecular weight is 612 g/mol. The average Bonchev–Trinajstić information content (AvgIpc) is 3.76. The van der Waals surface area contributed by atoms with Crippen LogP contribution < -0.4 is 14.4 Å². The van der Waals surface area contributed by atoms with Crippen LogP contribution in [0, 0.1) is 0 Å². The highest BCUT2D eigenvalue weighted by Crippen LogP contribution is 2.44. The minimum atomic E-state index is -0.997. The van der Waals surface area contributed by atoms with Crippen LogP contribution in [0.5, 0.6) is 11.5 Å². The quantitative estimate of drug-likeness (QED) is 0.0734. The van der Waals surface area contributed by atoms with Crippen LogP contribution in [-0.2, 0) is 10.5 Å². The monoisotopic (exact) mass is 611 g/mol. The summed E-state index contributed by atoms with van der Waals surface area (Å²) in [5.74, 6) is -0.398. The summed E-state index contributed by atoms with van der Waals surface area (Å²) in [6.45, 7) is 3.98. The molecular weight excluding hydrogens is 587 g/mol. The van der Waals surface area contributed by atoms with Gasteiger partial charge in [-0.3, -0.25) is 14.5 Å². The minimum Gasteiger partial charge on any atom is -0.503 e. The van der Waals surface area contributed by atoms with Crippen molar-refractivity contribution in [2.45, 2.75) is 16.1 Å². The van der Waals surface area contributed by atoms with Gasteiger partial charge in [-0.25, -0.2) is 0 Å². The number of aliphatic hydroxyl groups is 1. The summed E-state index contributed by atoms with van der Waals surface area (Å²) in [4.78, 5) is 28.9. The van der Waals surface area contributed by atoms with Crippen LogP contribution in [0.25, 0.3) is 11.0 Å². The van der Waals surface area contributed by atoms with Crippen LogP contribution in [0.4, 0.5) is 5.13 Å². The number of thioether (sulfide) groups is 1. The van der Waals surface area contributed by atoms with Crippen molar-refractivity contribution in [1.82, 2.24) is 10.2 Å². The number of carbonyl (C=O) groups excluding carboxylic acids is 2. The summed E-state index contributed by atoms with van der Waals surface area (Å²) in [6, 6.07) is 22.7. The molecule has 0 spiro atoms. The number of aliphatic hydroxyl groups excluding tert-OH is 1. The fraction of sp³-hybridized carbons (Fsp3) is 0.125. The lowest BCUT2D eigenvalue weighted by Crippen LogP contribution is -2.31. The van der Waals surface area contributed by atoms with E-state index in [4.69, 9.17) is 13.9 Å². The molecule has 216 valence electrons. The second-order valence-corrected chi connectivity index (χ2v) is 11.6. The molecular formula is C32H25N3O6S2. The number of furan rings is 1. The maximum atomic E-state index is 14.0. The first-order chi connectivity index (χ1) is 21.0. The summed E-state index contributed by atoms with van der Waals surface area (Å²) >= 11 is 2.69. The number of amides is 1. The van der Waals surface area contributed by atoms with E-state index in [9.17, 15) is 14.7 Å². The van der Waals surface area contributed by atoms with Crippen LogP contribution in [-0.4, -0.2) is 40.7 Å². The fourth-order valence-electron chi connectivity index (χ4n) is 4.77. The number of anilines is 1. The number of carbonyl (C=O) groups is 2. The Bertz CT molecular complexity index is 1850. The molecule has 0 saturated heterocycles. The van der Waals surface area contributed by atoms with Gasteiger partial charge in [0.25, 0.3) is 5.91 Å². The molecule has 1 unspecified atom stereocenters. The van der Waals surface area contributed by atoms with Crippen LogP contribution in [0.2, 0.25) is 0 Å². The van der Waals surface area contributed by atoms with Gasteiger partial charge in [-0.2, -0.15) is 0 Å². The molecule has 11 heteroatoms. The number of nitrogens with zero attached hydrogens (tertiary/aromatic N) is 3. The van der Waals surface area contributed by atoms with Crippen LogP contribution in [0.3, 0.4) is 0 Å². The van der Waals surface area contributed by atoms with Gasteiger partial charge < -0.3 is 19.0 Å². The number of methoxy groups -OCH3 is 1. The fourth-order valence-corrected chi connectivity index (χ4v) is 6.59. The van der Waals surface area contributed by atoms with Gasteiger partial charge in [-0.05, 0) is 35.4 Å². The number of benzene rings is 3. The number of aromatic nitrogens is 2. The molecule has 6 rings (SSSR count). The van der Waals surface area contributed by atoms with Gasteiger partial charge in [0.2, 0.25) is 10.9 Å². The third-order valence-electron chi connectivity index (χ3n) is 6.78. The van der Waals surface area contributed by atoms with Crippen molar-refractivity contribution in [3.63, 3.8) is 0 Å². The first kappa shape index (κ1) is 28.3. The van der Waals surface area contributed by atoms with Gasteiger partial charge in [0.15, 0.2) is 27.2 Å². The van der Waals surface area contributed by atoms with Gasteiger partial charge >= 0.3 is 0 Å². The van der Waals surface area contributed by atoms with E-state index in [0.29, 0.717) is 44.7 Å². The van der Waals surface area contributed by atoms with Crippen molar-refractivity contribution in [1.29, 1.82) is 0 Å². The first-order valence-electron chi connectivity index (χ1n) is 13.2. The third-order valence-corrected chi connectivity index (χ3v) is 8.90. The number of fused-ring (bicyclic) bond motifs is 1. The molecule has 5 aromatic rings. The lowest BCUT2D eigenvalue weighted by molar-refractivity contribution is -0.117. The van der Waals surface area contributed by atoms with Crippen molar-refractivity contribution in [2.24, 2.45) is 0 Å². The molecule has 0 fully saturated rings. The van der Waals surface area contributed by atoms with E-state index in [1.54, 1.807) is 54.6 Å². The van der Waals surface area contributed by atoms with Gasteiger partial charge in [0.05, 0.1) is 18.7 Å². The molecule has 0 aliphatic carbocycles. The van der Waals surface area contributed by atoms with Crippen molar-refractivity contribution in [3.05, 3.63) is 120 Å². The van der Waals surface area contributed by atoms with Gasteiger partial charge in [-0.15, -0.1) is 10.2 Å². The summed E-state index contributed by atoms with van der Waals surface area (Å²) in [5.41, 5.74) is 1.94. The molecule has 1 atom stereocenters. The van der Waals surface area contributed by atoms with Crippen molar-refractivity contribution < 1.29 is 28.6 Å². The Balaban J connectivity index is 1.37. The summed E-state index contributed by atoms with van der Waals surface area (Å²) in [5, 5.41) is 20.6. The predicted octanol–water partition coefficient (Wildman–Crippen LogP) is 6.93. The molecule has 1 amide bonds. The maximum Gasteiger partial charge on any atom is 0.296 e. The Labute approximate surface area is 255 Å². The van der Waals surface area contributed by atoms with E-state index < -0.39 is 23.5 Å². The van der Waals surface area contributed by atoms with Crippen LogP contribution >= 0.6 is 23.1 Å². The normalized spacial score (nSPS) is 14.9. The summed E-state index contributed by atoms with van der Waals surface area (Å²) in [6.07, 6.45) is 1.63. The highest BCUT2D eigenvalue weighted by molar-refractivity contribution is 8.00. The summed E-state index contributed by atoms with van der Waals surface area (Å²) < 4.78 is 17.5. The molecule has 3 aromatic carbocycles. The minimum absolute atomic E-state index is 0.0389. The molecule has 0 radical (unpaired) electrons. The molecule has 9 nitrogen and oxygen atoms in total. The second kappa shape index (κ2) is 12.2. The topological polar surface area (TPSA) is 115 Å². The number of ketones is 1. The molecule has 1 aliphatic rings. The standard InChI is InChI=1S/C32H25N3O6S2/c1-3-16-40-22-14-12-20(13-15-22)26-25(27(36)24-17-21-10-7-11-23(39-2)29(21)41-24)28(37)30(38)35(26)31-33-34-32(43-31)42-18-19-8-5-4-6-9-19/h3-15,17,26,37H,1,16,18H2,2H3. The highest BCUT2D eigenvalue weighted by Gasteiger charge is 2.47. The molecule has 3 heterocycles. The first-order valence-corrected chi connectivity index (χ1v) is 15.0. The Morgan fingerprint density at radius 3 is 2.65 bits per heavy atom. The van der Waals surface area contributed by atoms with E-state index in [-0.39, 0.29) is 16.5 Å². The SMILES string of the molecule is C=CCOc1ccc(C2C(C(=O)c3cc4cccc(OC)c4o3)=C(O)C(=O)N2c2nnc(SCc3ccccc3)s2)cc1. The molecule has 1 aliphatic heterocycles. The molecule has 43 heavy (non-hydrogen) atoms. The zero-order valence-corrected chi connectivity index (χ0v) is 24.6. The number of para-hydroxylation sites is 1. The molecule has 0 saturated carbocycles. The van der Waals surface area contributed by atoms with E-state index in [2.05, 4.69) is 16.8 Å². The van der Waals surface area contributed by atoms with Crippen molar-refractivity contribution in [2.75, 3.05) is 18.6 Å². The smallest absolute Gasteiger partial charge is 0.296 e. The lowest BCUT2D eigenvalue weighted by atomic mass is 9.95. The van der Waals surface area contributed by atoms with E-state index in [0.717, 1.165) is 5.56 Å². The zero-order chi connectivity index (χ0) is 29.9. The van der Waals surface area contributed by atoms with Crippen molar-refractivity contribution >= 4 is 50.9 Å². The number of ether oxygens (including phenoxy) is 2. The predicted molar refractivity (Wildman–Crippen MR) is 165 cm³/mol. The van der Waals surface area contributed by atoms with Crippen LogP contribution in [0.1, 0.15) is 27.7 Å². The van der Waals surface area contributed by atoms with E-state index in [1.165, 1.54) is 35.1 Å². The van der Waals surface area contributed by atoms with Gasteiger partial charge in [-0.1, -0.05) is 90.4 Å². The molecule has 2 aromatic heterocycles. The lowest BCUT2D eigenvalue weighted by Gasteiger charge is -2.24. The zero-order valence-electron chi connectivity index (χ0n) is 22.9. The number of rotatable bonds is 11. The Hall–Kier alpha value is -4.87. The van der Waals surface area contributed by atoms with E-state index >= 15 is 0 Å².